The predicted octanol–water partition coefficient (Wildman–Crippen LogP) is 1.51. The largest absolute Gasteiger partial charge is 0.444 e. The molecular formula is C17H21ClFN3O5. The van der Waals surface area contributed by atoms with E-state index in [0.29, 0.717) is 0 Å². The van der Waals surface area contributed by atoms with Crippen molar-refractivity contribution in [2.75, 3.05) is 18.4 Å². The Bertz CT molecular complexity index is 753. The van der Waals surface area contributed by atoms with Crippen LogP contribution in [0, 0.1) is 5.82 Å². The van der Waals surface area contributed by atoms with Crippen LogP contribution in [0.15, 0.2) is 18.2 Å². The molecule has 0 aromatic heterocycles. The summed E-state index contributed by atoms with van der Waals surface area (Å²) >= 11 is 5.55. The quantitative estimate of drug-likeness (QED) is 0.651. The number of β-amino-alcohol motifs (C(OH)–C–C–N with tert-alkyl or cyclic N) is 1. The molecule has 148 valence electrons. The molecule has 2 rings (SSSR count). The second kappa shape index (κ2) is 8.10. The molecule has 0 bridgehead atoms. The normalized spacial score (nSPS) is 19.6. The smallest absolute Gasteiger partial charge is 0.410 e. The number of anilines is 1. The highest BCUT2D eigenvalue weighted by Crippen LogP contribution is 2.19. The molecule has 8 nitrogen and oxygen atoms in total. The molecule has 3 amide bonds. The van der Waals surface area contributed by atoms with Gasteiger partial charge in [0, 0.05) is 12.2 Å². The summed E-state index contributed by atoms with van der Waals surface area (Å²) in [5.41, 5.74) is -0.642. The number of amides is 3. The molecule has 0 saturated carbocycles. The standard InChI is InChI=1S/C17H21ClFN3O5/c1-17(2,3)27-16(26)22-7-12(13(23)8-22)21-15(25)14(24)20-9-4-5-10(18)11(19)6-9/h4-6,12-13,23H,7-8H2,1-3H3,(H,20,24)(H,21,25)/t12?,13-/m0/s1. The van der Waals surface area contributed by atoms with Crippen molar-refractivity contribution in [1.82, 2.24) is 10.2 Å². The van der Waals surface area contributed by atoms with E-state index < -0.39 is 41.5 Å². The molecule has 3 N–H and O–H groups in total. The maximum absolute atomic E-state index is 13.4. The molecule has 10 heteroatoms. The van der Waals surface area contributed by atoms with E-state index >= 15 is 0 Å². The molecule has 0 spiro atoms. The summed E-state index contributed by atoms with van der Waals surface area (Å²) in [6.45, 7) is 5.08. The van der Waals surface area contributed by atoms with Crippen LogP contribution < -0.4 is 10.6 Å². The van der Waals surface area contributed by atoms with Gasteiger partial charge in [-0.05, 0) is 39.0 Å². The van der Waals surface area contributed by atoms with E-state index in [1.54, 1.807) is 20.8 Å². The highest BCUT2D eigenvalue weighted by Gasteiger charge is 2.37. The molecule has 1 aromatic carbocycles. The molecule has 27 heavy (non-hydrogen) atoms. The lowest BCUT2D eigenvalue weighted by molar-refractivity contribution is -0.136. The van der Waals surface area contributed by atoms with E-state index in [1.165, 1.54) is 17.0 Å². The molecule has 0 radical (unpaired) electrons. The number of nitrogens with one attached hydrogen (secondary N) is 2. The van der Waals surface area contributed by atoms with Crippen molar-refractivity contribution in [1.29, 1.82) is 0 Å². The number of aliphatic hydroxyl groups excluding tert-OH is 1. The monoisotopic (exact) mass is 401 g/mol. The van der Waals surface area contributed by atoms with Crippen molar-refractivity contribution in [3.8, 4) is 0 Å². The van der Waals surface area contributed by atoms with Crippen molar-refractivity contribution in [3.05, 3.63) is 29.0 Å². The van der Waals surface area contributed by atoms with Crippen molar-refractivity contribution in [2.45, 2.75) is 38.5 Å². The van der Waals surface area contributed by atoms with E-state index in [2.05, 4.69) is 10.6 Å². The topological polar surface area (TPSA) is 108 Å². The molecule has 1 aliphatic rings. The zero-order valence-corrected chi connectivity index (χ0v) is 15.8. The minimum absolute atomic E-state index is 0.00925. The van der Waals surface area contributed by atoms with Crippen molar-refractivity contribution < 1.29 is 28.6 Å². The number of benzene rings is 1. The fourth-order valence-corrected chi connectivity index (χ4v) is 2.52. The van der Waals surface area contributed by atoms with Gasteiger partial charge in [-0.2, -0.15) is 0 Å². The minimum Gasteiger partial charge on any atom is -0.444 e. The Kier molecular flexibility index (Phi) is 6.27. The van der Waals surface area contributed by atoms with Gasteiger partial charge < -0.3 is 25.4 Å². The van der Waals surface area contributed by atoms with Crippen molar-refractivity contribution in [3.63, 3.8) is 0 Å². The molecule has 1 aromatic rings. The van der Waals surface area contributed by atoms with Gasteiger partial charge in [-0.3, -0.25) is 9.59 Å². The highest BCUT2D eigenvalue weighted by molar-refractivity contribution is 6.39. The SMILES string of the molecule is CC(C)(C)OC(=O)N1CC(NC(=O)C(=O)Nc2ccc(Cl)c(F)c2)[C@@H](O)C1. The van der Waals surface area contributed by atoms with Gasteiger partial charge in [0.15, 0.2) is 0 Å². The third-order valence-electron chi connectivity index (χ3n) is 3.64. The number of aliphatic hydroxyl groups is 1. The minimum atomic E-state index is -1.05. The van der Waals surface area contributed by atoms with E-state index in [9.17, 15) is 23.9 Å². The van der Waals surface area contributed by atoms with E-state index in [1.807, 2.05) is 0 Å². The molecule has 1 unspecified atom stereocenters. The lowest BCUT2D eigenvalue weighted by atomic mass is 10.2. The van der Waals surface area contributed by atoms with Crippen LogP contribution in [0.1, 0.15) is 20.8 Å². The Morgan fingerprint density at radius 3 is 2.52 bits per heavy atom. The second-order valence-electron chi connectivity index (χ2n) is 7.12. The van der Waals surface area contributed by atoms with Crippen LogP contribution in [-0.2, 0) is 14.3 Å². The molecule has 2 atom stereocenters. The Labute approximate surface area is 160 Å². The maximum Gasteiger partial charge on any atom is 0.410 e. The zero-order chi connectivity index (χ0) is 20.4. The van der Waals surface area contributed by atoms with Gasteiger partial charge in [-0.15, -0.1) is 0 Å². The number of hydrogen-bond acceptors (Lipinski definition) is 5. The summed E-state index contributed by atoms with van der Waals surface area (Å²) < 4.78 is 18.6. The lowest BCUT2D eigenvalue weighted by Crippen LogP contribution is -2.47. The number of halogens is 2. The number of likely N-dealkylation sites (tertiary alicyclic amines) is 1. The Morgan fingerprint density at radius 1 is 1.26 bits per heavy atom. The third-order valence-corrected chi connectivity index (χ3v) is 3.95. The van der Waals surface area contributed by atoms with Crippen LogP contribution >= 0.6 is 11.6 Å². The fourth-order valence-electron chi connectivity index (χ4n) is 2.40. The van der Waals surface area contributed by atoms with Gasteiger partial charge in [0.25, 0.3) is 0 Å². The number of nitrogens with zero attached hydrogens (tertiary/aromatic N) is 1. The highest BCUT2D eigenvalue weighted by atomic mass is 35.5. The van der Waals surface area contributed by atoms with Crippen LogP contribution in [0.2, 0.25) is 5.02 Å². The summed E-state index contributed by atoms with van der Waals surface area (Å²) in [7, 11) is 0. The fraction of sp³-hybridized carbons (Fsp3) is 0.471. The first-order valence-electron chi connectivity index (χ1n) is 8.19. The van der Waals surface area contributed by atoms with Crippen LogP contribution in [0.25, 0.3) is 0 Å². The third kappa shape index (κ3) is 5.80. The van der Waals surface area contributed by atoms with E-state index in [0.717, 1.165) is 6.07 Å². The Balaban J connectivity index is 1.91. The number of ether oxygens (including phenoxy) is 1. The summed E-state index contributed by atoms with van der Waals surface area (Å²) in [6.07, 6.45) is -1.68. The molecule has 0 aliphatic carbocycles. The summed E-state index contributed by atoms with van der Waals surface area (Å²) in [6, 6.07) is 2.72. The lowest BCUT2D eigenvalue weighted by Gasteiger charge is -2.24. The number of hydrogen-bond donors (Lipinski definition) is 3. The predicted molar refractivity (Wildman–Crippen MR) is 95.8 cm³/mol. The van der Waals surface area contributed by atoms with Crippen LogP contribution in [-0.4, -0.2) is 58.8 Å². The molecular weight excluding hydrogens is 381 g/mol. The first-order valence-corrected chi connectivity index (χ1v) is 8.57. The molecule has 1 saturated heterocycles. The first kappa shape index (κ1) is 20.9. The van der Waals surface area contributed by atoms with E-state index in [-0.39, 0.29) is 23.8 Å². The van der Waals surface area contributed by atoms with Crippen LogP contribution in [0.4, 0.5) is 14.9 Å². The zero-order valence-electron chi connectivity index (χ0n) is 15.1. The first-order chi connectivity index (χ1) is 12.5. The molecule has 1 fully saturated rings. The number of carbonyl (C=O) groups is 3. The number of carbonyl (C=O) groups excluding carboxylic acids is 3. The summed E-state index contributed by atoms with van der Waals surface area (Å²) in [5.74, 6) is -2.81. The Morgan fingerprint density at radius 2 is 1.93 bits per heavy atom. The van der Waals surface area contributed by atoms with Crippen molar-refractivity contribution >= 4 is 35.2 Å². The van der Waals surface area contributed by atoms with E-state index in [4.69, 9.17) is 16.3 Å². The van der Waals surface area contributed by atoms with Gasteiger partial charge in [0.1, 0.15) is 11.4 Å². The van der Waals surface area contributed by atoms with Gasteiger partial charge in [-0.25, -0.2) is 9.18 Å². The van der Waals surface area contributed by atoms with Gasteiger partial charge in [0.05, 0.1) is 23.7 Å². The average Bonchev–Trinajstić information content (AvgIpc) is 2.90. The van der Waals surface area contributed by atoms with Gasteiger partial charge >= 0.3 is 17.9 Å². The molecule has 1 aliphatic heterocycles. The van der Waals surface area contributed by atoms with Gasteiger partial charge in [0.2, 0.25) is 0 Å². The molecule has 1 heterocycles. The number of rotatable bonds is 2. The Hall–Kier alpha value is -2.39. The van der Waals surface area contributed by atoms with Gasteiger partial charge in [-0.1, -0.05) is 11.6 Å². The van der Waals surface area contributed by atoms with Crippen molar-refractivity contribution in [2.24, 2.45) is 0 Å². The summed E-state index contributed by atoms with van der Waals surface area (Å²) in [5, 5.41) is 14.5. The second-order valence-corrected chi connectivity index (χ2v) is 7.52. The summed E-state index contributed by atoms with van der Waals surface area (Å²) in [4.78, 5) is 37.2. The van der Waals surface area contributed by atoms with Crippen LogP contribution in [0.5, 0.6) is 0 Å². The average molecular weight is 402 g/mol. The van der Waals surface area contributed by atoms with Crippen LogP contribution in [0.3, 0.4) is 0 Å². The maximum atomic E-state index is 13.4.